The van der Waals surface area contributed by atoms with E-state index in [2.05, 4.69) is 0 Å². The molecule has 9 heteroatoms. The number of halogens is 2. The summed E-state index contributed by atoms with van der Waals surface area (Å²) in [6.07, 6.45) is 0.635. The molecule has 0 N–H and O–H groups in total. The van der Waals surface area contributed by atoms with Crippen molar-refractivity contribution in [3.05, 3.63) is 59.2 Å². The number of hydrogen-bond donors (Lipinski definition) is 0. The summed E-state index contributed by atoms with van der Waals surface area (Å²) >= 11 is 0. The number of rotatable bonds is 7. The van der Waals surface area contributed by atoms with Gasteiger partial charge in [0.25, 0.3) is 5.91 Å². The Kier molecular flexibility index (Phi) is 7.40. The molecule has 32 heavy (non-hydrogen) atoms. The SMILES string of the molecule is COc1ccc(C(=O)COC(=O)C2CCN(C(=O)c3ccc(F)cc3F)CC2)cc1OC. The highest BCUT2D eigenvalue weighted by Crippen LogP contribution is 2.28. The monoisotopic (exact) mass is 447 g/mol. The molecule has 0 aromatic heterocycles. The molecule has 0 radical (unpaired) electrons. The van der Waals surface area contributed by atoms with E-state index < -0.39 is 41.8 Å². The number of piperidine rings is 1. The van der Waals surface area contributed by atoms with Crippen molar-refractivity contribution < 1.29 is 37.4 Å². The van der Waals surface area contributed by atoms with Gasteiger partial charge in [-0.25, -0.2) is 8.78 Å². The Morgan fingerprint density at radius 1 is 0.969 bits per heavy atom. The molecule has 3 rings (SSSR count). The number of likely N-dealkylation sites (tertiary alicyclic amines) is 1. The third-order valence-corrected chi connectivity index (χ3v) is 5.33. The van der Waals surface area contributed by atoms with Crippen molar-refractivity contribution in [1.29, 1.82) is 0 Å². The van der Waals surface area contributed by atoms with Gasteiger partial charge in [-0.2, -0.15) is 0 Å². The van der Waals surface area contributed by atoms with Crippen molar-refractivity contribution >= 4 is 17.7 Å². The maximum Gasteiger partial charge on any atom is 0.309 e. The molecule has 0 saturated carbocycles. The zero-order valence-electron chi connectivity index (χ0n) is 17.7. The summed E-state index contributed by atoms with van der Waals surface area (Å²) in [5.74, 6) is -2.78. The Balaban J connectivity index is 1.51. The Hall–Kier alpha value is -3.49. The van der Waals surface area contributed by atoms with E-state index >= 15 is 0 Å². The third kappa shape index (κ3) is 5.22. The van der Waals surface area contributed by atoms with Gasteiger partial charge in [-0.05, 0) is 43.2 Å². The van der Waals surface area contributed by atoms with Crippen molar-refractivity contribution in [3.8, 4) is 11.5 Å². The minimum atomic E-state index is -0.926. The molecule has 2 aromatic carbocycles. The molecule has 1 aliphatic rings. The van der Waals surface area contributed by atoms with Gasteiger partial charge in [0.05, 0.1) is 25.7 Å². The van der Waals surface area contributed by atoms with Gasteiger partial charge in [0, 0.05) is 24.7 Å². The Morgan fingerprint density at radius 3 is 2.28 bits per heavy atom. The van der Waals surface area contributed by atoms with Crippen molar-refractivity contribution in [3.63, 3.8) is 0 Å². The van der Waals surface area contributed by atoms with Crippen molar-refractivity contribution in [2.75, 3.05) is 33.9 Å². The number of nitrogens with zero attached hydrogens (tertiary/aromatic N) is 1. The first kappa shape index (κ1) is 23.2. The predicted octanol–water partition coefficient (Wildman–Crippen LogP) is 3.26. The van der Waals surface area contributed by atoms with Crippen molar-refractivity contribution in [1.82, 2.24) is 4.90 Å². The van der Waals surface area contributed by atoms with Crippen LogP contribution in [0.3, 0.4) is 0 Å². The number of benzene rings is 2. The molecule has 0 aliphatic carbocycles. The second kappa shape index (κ2) is 10.2. The van der Waals surface area contributed by atoms with E-state index in [0.717, 1.165) is 12.1 Å². The summed E-state index contributed by atoms with van der Waals surface area (Å²) in [4.78, 5) is 38.6. The fraction of sp³-hybridized carbons (Fsp3) is 0.348. The predicted molar refractivity (Wildman–Crippen MR) is 110 cm³/mol. The van der Waals surface area contributed by atoms with E-state index in [9.17, 15) is 23.2 Å². The number of ether oxygens (including phenoxy) is 3. The Morgan fingerprint density at radius 2 is 1.66 bits per heavy atom. The molecule has 1 fully saturated rings. The van der Waals surface area contributed by atoms with Gasteiger partial charge in [0.2, 0.25) is 0 Å². The minimum Gasteiger partial charge on any atom is -0.493 e. The number of amides is 1. The van der Waals surface area contributed by atoms with Gasteiger partial charge in [0.1, 0.15) is 11.6 Å². The minimum absolute atomic E-state index is 0.215. The average molecular weight is 447 g/mol. The second-order valence-corrected chi connectivity index (χ2v) is 7.29. The number of methoxy groups -OCH3 is 2. The lowest BCUT2D eigenvalue weighted by molar-refractivity contribution is -0.148. The molecular weight excluding hydrogens is 424 g/mol. The van der Waals surface area contributed by atoms with Crippen LogP contribution in [-0.4, -0.2) is 56.5 Å². The number of carbonyl (C=O) groups is 3. The number of Topliss-reactive ketones (excluding diaryl/α,β-unsaturated/α-hetero) is 1. The van der Waals surface area contributed by atoms with Crippen LogP contribution in [0.1, 0.15) is 33.6 Å². The number of ketones is 1. The number of hydrogen-bond acceptors (Lipinski definition) is 6. The molecule has 0 unspecified atom stereocenters. The van der Waals surface area contributed by atoms with Crippen LogP contribution >= 0.6 is 0 Å². The second-order valence-electron chi connectivity index (χ2n) is 7.29. The van der Waals surface area contributed by atoms with E-state index in [1.54, 1.807) is 12.1 Å². The van der Waals surface area contributed by atoms with E-state index in [1.165, 1.54) is 25.2 Å². The molecule has 1 heterocycles. The molecule has 1 aliphatic heterocycles. The van der Waals surface area contributed by atoms with Gasteiger partial charge in [-0.1, -0.05) is 0 Å². The third-order valence-electron chi connectivity index (χ3n) is 5.33. The smallest absolute Gasteiger partial charge is 0.309 e. The standard InChI is InChI=1S/C23H23F2NO6/c1-30-20-6-3-15(11-21(20)31-2)19(27)13-32-23(29)14-7-9-26(10-8-14)22(28)17-5-4-16(24)12-18(17)25/h3-6,11-12,14H,7-10,13H2,1-2H3. The number of esters is 1. The van der Waals surface area contributed by atoms with E-state index in [1.807, 2.05) is 0 Å². The molecule has 0 bridgehead atoms. The first-order valence-corrected chi connectivity index (χ1v) is 10.00. The zero-order chi connectivity index (χ0) is 23.3. The Labute approximate surface area is 183 Å². The highest BCUT2D eigenvalue weighted by Gasteiger charge is 2.30. The fourth-order valence-corrected chi connectivity index (χ4v) is 3.50. The summed E-state index contributed by atoms with van der Waals surface area (Å²) in [6.45, 7) is 0.0202. The molecule has 7 nitrogen and oxygen atoms in total. The lowest BCUT2D eigenvalue weighted by Crippen LogP contribution is -2.41. The molecule has 1 saturated heterocycles. The first-order valence-electron chi connectivity index (χ1n) is 10.00. The summed E-state index contributed by atoms with van der Waals surface area (Å²) in [5.41, 5.74) is 0.102. The molecule has 2 aromatic rings. The van der Waals surface area contributed by atoms with Gasteiger partial charge in [0.15, 0.2) is 23.9 Å². The van der Waals surface area contributed by atoms with Crippen LogP contribution in [0.15, 0.2) is 36.4 Å². The van der Waals surface area contributed by atoms with Gasteiger partial charge in [-0.15, -0.1) is 0 Å². The Bertz CT molecular complexity index is 1020. The van der Waals surface area contributed by atoms with Crippen LogP contribution in [0, 0.1) is 17.6 Å². The summed E-state index contributed by atoms with van der Waals surface area (Å²) in [7, 11) is 2.93. The molecule has 0 atom stereocenters. The van der Waals surface area contributed by atoms with Crippen LogP contribution in [0.25, 0.3) is 0 Å². The average Bonchev–Trinajstić information content (AvgIpc) is 2.81. The van der Waals surface area contributed by atoms with Crippen LogP contribution in [0.2, 0.25) is 0 Å². The lowest BCUT2D eigenvalue weighted by atomic mass is 9.96. The number of carbonyl (C=O) groups excluding carboxylic acids is 3. The maximum absolute atomic E-state index is 13.9. The van der Waals surface area contributed by atoms with Gasteiger partial charge < -0.3 is 19.1 Å². The summed E-state index contributed by atoms with van der Waals surface area (Å²) < 4.78 is 42.4. The molecule has 1 amide bonds. The van der Waals surface area contributed by atoms with Crippen molar-refractivity contribution in [2.24, 2.45) is 5.92 Å². The zero-order valence-corrected chi connectivity index (χ0v) is 17.7. The first-order chi connectivity index (χ1) is 15.3. The fourth-order valence-electron chi connectivity index (χ4n) is 3.50. The van der Waals surface area contributed by atoms with E-state index in [0.29, 0.717) is 36.0 Å². The van der Waals surface area contributed by atoms with Gasteiger partial charge in [-0.3, -0.25) is 14.4 Å². The summed E-state index contributed by atoms with van der Waals surface area (Å²) in [5, 5.41) is 0. The highest BCUT2D eigenvalue weighted by atomic mass is 19.1. The lowest BCUT2D eigenvalue weighted by Gasteiger charge is -2.31. The van der Waals surface area contributed by atoms with Gasteiger partial charge >= 0.3 is 5.97 Å². The topological polar surface area (TPSA) is 82.1 Å². The quantitative estimate of drug-likeness (QED) is 0.479. The normalized spacial score (nSPS) is 14.1. The maximum atomic E-state index is 13.9. The highest BCUT2D eigenvalue weighted by molar-refractivity contribution is 5.98. The largest absolute Gasteiger partial charge is 0.493 e. The summed E-state index contributed by atoms with van der Waals surface area (Å²) in [6, 6.07) is 7.43. The van der Waals surface area contributed by atoms with E-state index in [-0.39, 0.29) is 18.7 Å². The van der Waals surface area contributed by atoms with Crippen molar-refractivity contribution in [2.45, 2.75) is 12.8 Å². The van der Waals surface area contributed by atoms with Crippen LogP contribution in [0.4, 0.5) is 8.78 Å². The molecule has 170 valence electrons. The van der Waals surface area contributed by atoms with Crippen LogP contribution < -0.4 is 9.47 Å². The van der Waals surface area contributed by atoms with Crippen LogP contribution in [0.5, 0.6) is 11.5 Å². The molecule has 0 spiro atoms. The van der Waals surface area contributed by atoms with Crippen LogP contribution in [-0.2, 0) is 9.53 Å². The van der Waals surface area contributed by atoms with E-state index in [4.69, 9.17) is 14.2 Å². The molecular formula is C23H23F2NO6.